The molecule has 2 heterocycles. The molecule has 0 radical (unpaired) electrons. The van der Waals surface area contributed by atoms with Gasteiger partial charge in [-0.1, -0.05) is 12.1 Å². The van der Waals surface area contributed by atoms with E-state index in [0.29, 0.717) is 18.3 Å². The van der Waals surface area contributed by atoms with Crippen LogP contribution in [0.2, 0.25) is 0 Å². The molecule has 108 valence electrons. The Morgan fingerprint density at radius 3 is 3.00 bits per heavy atom. The van der Waals surface area contributed by atoms with E-state index < -0.39 is 4.92 Å². The fourth-order valence-corrected chi connectivity index (χ4v) is 2.25. The van der Waals surface area contributed by atoms with Crippen molar-refractivity contribution in [2.75, 3.05) is 0 Å². The minimum atomic E-state index is -0.400. The number of nitro groups is 1. The molecule has 0 bridgehead atoms. The molecule has 3 aromatic rings. The number of aryl methyl sites for hydroxylation is 1. The van der Waals surface area contributed by atoms with Gasteiger partial charge < -0.3 is 9.09 Å². The molecule has 7 heteroatoms. The highest BCUT2D eigenvalue weighted by molar-refractivity contribution is 5.82. The van der Waals surface area contributed by atoms with Crippen molar-refractivity contribution in [1.29, 1.82) is 0 Å². The highest BCUT2D eigenvalue weighted by atomic mass is 16.6. The zero-order valence-electron chi connectivity index (χ0n) is 11.5. The first kappa shape index (κ1) is 13.3. The SMILES string of the molecule is CCCc1noc(Cn2ccc3ccc([N+](=O)[O-])cc32)n1. The molecule has 0 atom stereocenters. The lowest BCUT2D eigenvalue weighted by Crippen LogP contribution is -1.99. The Hall–Kier alpha value is -2.70. The van der Waals surface area contributed by atoms with Crippen molar-refractivity contribution in [2.45, 2.75) is 26.3 Å². The topological polar surface area (TPSA) is 87.0 Å². The number of benzene rings is 1. The molecule has 1 aromatic carbocycles. The van der Waals surface area contributed by atoms with Gasteiger partial charge in [0, 0.05) is 30.1 Å². The molecule has 0 N–H and O–H groups in total. The van der Waals surface area contributed by atoms with Crippen molar-refractivity contribution in [3.05, 3.63) is 52.3 Å². The van der Waals surface area contributed by atoms with E-state index in [0.717, 1.165) is 23.7 Å². The third-order valence-electron chi connectivity index (χ3n) is 3.26. The number of rotatable bonds is 5. The summed E-state index contributed by atoms with van der Waals surface area (Å²) in [7, 11) is 0. The Bertz CT molecular complexity index is 790. The highest BCUT2D eigenvalue weighted by Crippen LogP contribution is 2.22. The van der Waals surface area contributed by atoms with E-state index in [1.807, 2.05) is 16.8 Å². The third-order valence-corrected chi connectivity index (χ3v) is 3.26. The number of non-ortho nitro benzene ring substituents is 1. The lowest BCUT2D eigenvalue weighted by Gasteiger charge is -2.01. The van der Waals surface area contributed by atoms with Crippen molar-refractivity contribution in [1.82, 2.24) is 14.7 Å². The number of aromatic nitrogens is 3. The van der Waals surface area contributed by atoms with E-state index >= 15 is 0 Å². The summed E-state index contributed by atoms with van der Waals surface area (Å²) in [5, 5.41) is 15.7. The summed E-state index contributed by atoms with van der Waals surface area (Å²) in [6.45, 7) is 2.45. The molecule has 0 spiro atoms. The summed E-state index contributed by atoms with van der Waals surface area (Å²) in [5.74, 6) is 1.19. The zero-order chi connectivity index (χ0) is 14.8. The summed E-state index contributed by atoms with van der Waals surface area (Å²) in [6.07, 6.45) is 3.59. The minimum Gasteiger partial charge on any atom is -0.338 e. The van der Waals surface area contributed by atoms with Gasteiger partial charge in [0.05, 0.1) is 10.4 Å². The van der Waals surface area contributed by atoms with Crippen LogP contribution in [-0.2, 0) is 13.0 Å². The molecule has 21 heavy (non-hydrogen) atoms. The van der Waals surface area contributed by atoms with Gasteiger partial charge in [0.15, 0.2) is 5.82 Å². The van der Waals surface area contributed by atoms with Crippen LogP contribution in [0.1, 0.15) is 25.1 Å². The lowest BCUT2D eigenvalue weighted by atomic mass is 10.2. The standard InChI is InChI=1S/C14H14N4O3/c1-2-3-13-15-14(21-16-13)9-17-7-6-10-4-5-11(18(19)20)8-12(10)17/h4-8H,2-3,9H2,1H3. The maximum absolute atomic E-state index is 10.9. The maximum atomic E-state index is 10.9. The highest BCUT2D eigenvalue weighted by Gasteiger charge is 2.11. The van der Waals surface area contributed by atoms with Gasteiger partial charge in [0.1, 0.15) is 6.54 Å². The monoisotopic (exact) mass is 286 g/mol. The largest absolute Gasteiger partial charge is 0.338 e. The van der Waals surface area contributed by atoms with E-state index in [4.69, 9.17) is 4.52 Å². The van der Waals surface area contributed by atoms with E-state index in [9.17, 15) is 10.1 Å². The Morgan fingerprint density at radius 1 is 1.38 bits per heavy atom. The van der Waals surface area contributed by atoms with Gasteiger partial charge in [0.25, 0.3) is 5.69 Å². The van der Waals surface area contributed by atoms with Crippen LogP contribution >= 0.6 is 0 Å². The van der Waals surface area contributed by atoms with Gasteiger partial charge in [-0.2, -0.15) is 4.98 Å². The van der Waals surface area contributed by atoms with Gasteiger partial charge >= 0.3 is 0 Å². The average molecular weight is 286 g/mol. The second kappa shape index (κ2) is 5.35. The summed E-state index contributed by atoms with van der Waals surface area (Å²) in [4.78, 5) is 14.8. The second-order valence-corrected chi connectivity index (χ2v) is 4.80. The summed E-state index contributed by atoms with van der Waals surface area (Å²) in [5.41, 5.74) is 0.846. The zero-order valence-corrected chi connectivity index (χ0v) is 11.5. The van der Waals surface area contributed by atoms with E-state index in [1.165, 1.54) is 6.07 Å². The number of nitrogens with zero attached hydrogens (tertiary/aromatic N) is 4. The van der Waals surface area contributed by atoms with Crippen molar-refractivity contribution in [2.24, 2.45) is 0 Å². The Kier molecular flexibility index (Phi) is 3.39. The van der Waals surface area contributed by atoms with E-state index in [-0.39, 0.29) is 5.69 Å². The molecule has 0 fully saturated rings. The average Bonchev–Trinajstić information content (AvgIpc) is 3.07. The molecule has 2 aromatic heterocycles. The first-order valence-electron chi connectivity index (χ1n) is 6.72. The Morgan fingerprint density at radius 2 is 2.24 bits per heavy atom. The molecular formula is C14H14N4O3. The quantitative estimate of drug-likeness (QED) is 0.531. The van der Waals surface area contributed by atoms with Crippen molar-refractivity contribution >= 4 is 16.6 Å². The summed E-state index contributed by atoms with van der Waals surface area (Å²) < 4.78 is 7.07. The van der Waals surface area contributed by atoms with Crippen molar-refractivity contribution in [3.8, 4) is 0 Å². The molecule has 7 nitrogen and oxygen atoms in total. The first-order valence-corrected chi connectivity index (χ1v) is 6.72. The predicted octanol–water partition coefficient (Wildman–Crippen LogP) is 2.93. The number of fused-ring (bicyclic) bond motifs is 1. The molecule has 0 amide bonds. The van der Waals surface area contributed by atoms with Crippen LogP contribution in [-0.4, -0.2) is 19.6 Å². The van der Waals surface area contributed by atoms with Crippen LogP contribution in [0, 0.1) is 10.1 Å². The number of hydrogen-bond acceptors (Lipinski definition) is 5. The molecule has 0 aliphatic heterocycles. The van der Waals surface area contributed by atoms with Gasteiger partial charge in [0.2, 0.25) is 5.89 Å². The van der Waals surface area contributed by atoms with Gasteiger partial charge in [-0.3, -0.25) is 10.1 Å². The molecule has 0 saturated carbocycles. The molecule has 0 saturated heterocycles. The van der Waals surface area contributed by atoms with Crippen LogP contribution in [0.4, 0.5) is 5.69 Å². The van der Waals surface area contributed by atoms with Crippen LogP contribution in [0.5, 0.6) is 0 Å². The summed E-state index contributed by atoms with van der Waals surface area (Å²) in [6, 6.07) is 6.69. The fourth-order valence-electron chi connectivity index (χ4n) is 2.25. The molecule has 3 rings (SSSR count). The van der Waals surface area contributed by atoms with E-state index in [2.05, 4.69) is 17.1 Å². The van der Waals surface area contributed by atoms with Crippen molar-refractivity contribution in [3.63, 3.8) is 0 Å². The molecular weight excluding hydrogens is 272 g/mol. The molecule has 0 aliphatic carbocycles. The van der Waals surface area contributed by atoms with Crippen LogP contribution in [0.25, 0.3) is 10.9 Å². The van der Waals surface area contributed by atoms with Gasteiger partial charge in [-0.05, 0) is 18.6 Å². The third kappa shape index (κ3) is 2.62. The van der Waals surface area contributed by atoms with Crippen LogP contribution in [0.3, 0.4) is 0 Å². The molecule has 0 unspecified atom stereocenters. The predicted molar refractivity (Wildman–Crippen MR) is 76.0 cm³/mol. The minimum absolute atomic E-state index is 0.0691. The number of nitro benzene ring substituents is 1. The van der Waals surface area contributed by atoms with Gasteiger partial charge in [-0.25, -0.2) is 0 Å². The Labute approximate surface area is 120 Å². The van der Waals surface area contributed by atoms with Crippen molar-refractivity contribution < 1.29 is 9.45 Å². The smallest absolute Gasteiger partial charge is 0.271 e. The lowest BCUT2D eigenvalue weighted by molar-refractivity contribution is -0.384. The normalized spacial score (nSPS) is 11.1. The summed E-state index contributed by atoms with van der Waals surface area (Å²) >= 11 is 0. The van der Waals surface area contributed by atoms with Crippen LogP contribution in [0.15, 0.2) is 35.0 Å². The van der Waals surface area contributed by atoms with Gasteiger partial charge in [-0.15, -0.1) is 0 Å². The first-order chi connectivity index (χ1) is 10.2. The maximum Gasteiger partial charge on any atom is 0.271 e. The fraction of sp³-hybridized carbons (Fsp3) is 0.286. The molecule has 0 aliphatic rings. The number of hydrogen-bond donors (Lipinski definition) is 0. The van der Waals surface area contributed by atoms with E-state index in [1.54, 1.807) is 12.1 Å². The Balaban J connectivity index is 1.92. The second-order valence-electron chi connectivity index (χ2n) is 4.80. The van der Waals surface area contributed by atoms with Crippen LogP contribution < -0.4 is 0 Å².